The second kappa shape index (κ2) is 8.56. The van der Waals surface area contributed by atoms with Crippen molar-refractivity contribution >= 4 is 22.6 Å². The first-order valence-corrected chi connectivity index (χ1v) is 9.47. The highest BCUT2D eigenvalue weighted by Gasteiger charge is 2.09. The third-order valence-corrected chi connectivity index (χ3v) is 4.79. The molecule has 6 heteroatoms. The van der Waals surface area contributed by atoms with Crippen LogP contribution in [0.1, 0.15) is 21.5 Å². The number of pyridine rings is 1. The maximum atomic E-state index is 13.7. The van der Waals surface area contributed by atoms with Crippen LogP contribution < -0.4 is 10.6 Å². The molecule has 0 aliphatic heterocycles. The fourth-order valence-electron chi connectivity index (χ4n) is 3.25. The number of hydrogen-bond acceptors (Lipinski definition) is 3. The first-order chi connectivity index (χ1) is 14.2. The predicted octanol–water partition coefficient (Wildman–Crippen LogP) is 4.29. The van der Waals surface area contributed by atoms with E-state index < -0.39 is 0 Å². The minimum absolute atomic E-state index is 0.136. The lowest BCUT2D eigenvalue weighted by Crippen LogP contribution is -2.23. The molecule has 4 rings (SSSR count). The molecule has 0 aliphatic carbocycles. The zero-order chi connectivity index (χ0) is 20.1. The van der Waals surface area contributed by atoms with Gasteiger partial charge in [-0.3, -0.25) is 4.79 Å². The molecule has 2 aromatic heterocycles. The number of H-pyrrole nitrogens is 1. The number of aromatic nitrogens is 2. The van der Waals surface area contributed by atoms with Crippen LogP contribution in [0.15, 0.2) is 73.1 Å². The molecule has 4 aromatic rings. The standard InChI is InChI=1S/C23H21FN4O/c24-20-7-3-1-5-18(20)15-28-23(29)16-9-11-25-22(13-16)26-12-10-17-14-27-21-8-4-2-6-19(17)21/h1-9,11,13-14,27H,10,12,15H2,(H,25,26)(H,28,29). The van der Waals surface area contributed by atoms with E-state index in [1.54, 1.807) is 36.5 Å². The van der Waals surface area contributed by atoms with E-state index >= 15 is 0 Å². The normalized spacial score (nSPS) is 10.8. The number of nitrogens with zero attached hydrogens (tertiary/aromatic N) is 1. The monoisotopic (exact) mass is 388 g/mol. The highest BCUT2D eigenvalue weighted by atomic mass is 19.1. The Balaban J connectivity index is 1.34. The Morgan fingerprint density at radius 1 is 1.03 bits per heavy atom. The van der Waals surface area contributed by atoms with Crippen molar-refractivity contribution in [3.8, 4) is 0 Å². The van der Waals surface area contributed by atoms with Crippen LogP contribution in [0.2, 0.25) is 0 Å². The number of rotatable bonds is 7. The van der Waals surface area contributed by atoms with Crippen molar-refractivity contribution in [2.75, 3.05) is 11.9 Å². The molecule has 2 heterocycles. The average Bonchev–Trinajstić information content (AvgIpc) is 3.16. The number of carbonyl (C=O) groups is 1. The van der Waals surface area contributed by atoms with Crippen LogP contribution in [0, 0.1) is 5.82 Å². The number of fused-ring (bicyclic) bond motifs is 1. The van der Waals surface area contributed by atoms with Gasteiger partial charge in [-0.15, -0.1) is 0 Å². The average molecular weight is 388 g/mol. The maximum absolute atomic E-state index is 13.7. The zero-order valence-electron chi connectivity index (χ0n) is 15.8. The lowest BCUT2D eigenvalue weighted by atomic mass is 10.1. The van der Waals surface area contributed by atoms with Crippen LogP contribution >= 0.6 is 0 Å². The van der Waals surface area contributed by atoms with Crippen molar-refractivity contribution in [3.05, 3.63) is 95.6 Å². The lowest BCUT2D eigenvalue weighted by molar-refractivity contribution is 0.0950. The number of hydrogen-bond donors (Lipinski definition) is 3. The molecule has 0 saturated heterocycles. The Morgan fingerprint density at radius 2 is 1.86 bits per heavy atom. The predicted molar refractivity (Wildman–Crippen MR) is 112 cm³/mol. The number of carbonyl (C=O) groups excluding carboxylic acids is 1. The summed E-state index contributed by atoms with van der Waals surface area (Å²) in [5.41, 5.74) is 3.28. The molecule has 0 bridgehead atoms. The fraction of sp³-hybridized carbons (Fsp3) is 0.130. The van der Waals surface area contributed by atoms with Crippen molar-refractivity contribution in [3.63, 3.8) is 0 Å². The summed E-state index contributed by atoms with van der Waals surface area (Å²) in [6.45, 7) is 0.826. The molecule has 0 aliphatic rings. The summed E-state index contributed by atoms with van der Waals surface area (Å²) in [6.07, 6.45) is 4.44. The molecule has 3 N–H and O–H groups in total. The van der Waals surface area contributed by atoms with Crippen molar-refractivity contribution in [1.29, 1.82) is 0 Å². The van der Waals surface area contributed by atoms with Crippen LogP contribution in [0.25, 0.3) is 10.9 Å². The van der Waals surface area contributed by atoms with Crippen LogP contribution in [-0.2, 0) is 13.0 Å². The number of benzene rings is 2. The molecule has 0 atom stereocenters. The van der Waals surface area contributed by atoms with Gasteiger partial charge in [0.05, 0.1) is 0 Å². The van der Waals surface area contributed by atoms with Crippen LogP contribution in [0.5, 0.6) is 0 Å². The molecule has 29 heavy (non-hydrogen) atoms. The van der Waals surface area contributed by atoms with Gasteiger partial charge in [0.1, 0.15) is 11.6 Å². The summed E-state index contributed by atoms with van der Waals surface area (Å²) in [4.78, 5) is 19.9. The van der Waals surface area contributed by atoms with Gasteiger partial charge in [0.15, 0.2) is 0 Å². The molecule has 0 radical (unpaired) electrons. The van der Waals surface area contributed by atoms with Gasteiger partial charge >= 0.3 is 0 Å². The van der Waals surface area contributed by atoms with Crippen LogP contribution in [-0.4, -0.2) is 22.4 Å². The maximum Gasteiger partial charge on any atom is 0.251 e. The molecular weight excluding hydrogens is 367 g/mol. The molecule has 146 valence electrons. The molecule has 1 amide bonds. The van der Waals surface area contributed by atoms with Gasteiger partial charge in [-0.05, 0) is 36.2 Å². The topological polar surface area (TPSA) is 69.8 Å². The lowest BCUT2D eigenvalue weighted by Gasteiger charge is -2.09. The Morgan fingerprint density at radius 3 is 2.76 bits per heavy atom. The van der Waals surface area contributed by atoms with Gasteiger partial charge in [-0.1, -0.05) is 36.4 Å². The Kier molecular flexibility index (Phi) is 5.52. The number of nitrogens with one attached hydrogen (secondary N) is 3. The molecule has 0 spiro atoms. The fourth-order valence-corrected chi connectivity index (χ4v) is 3.25. The summed E-state index contributed by atoms with van der Waals surface area (Å²) in [6, 6.07) is 17.9. The second-order valence-corrected chi connectivity index (χ2v) is 6.74. The van der Waals surface area contributed by atoms with Gasteiger partial charge in [-0.25, -0.2) is 9.37 Å². The van der Waals surface area contributed by atoms with E-state index in [1.807, 2.05) is 18.3 Å². The van der Waals surface area contributed by atoms with Crippen molar-refractivity contribution in [2.45, 2.75) is 13.0 Å². The molecule has 0 saturated carbocycles. The number of aromatic amines is 1. The van der Waals surface area contributed by atoms with Gasteiger partial charge in [0.2, 0.25) is 0 Å². The van der Waals surface area contributed by atoms with Crippen molar-refractivity contribution in [2.24, 2.45) is 0 Å². The van der Waals surface area contributed by atoms with Gasteiger partial charge in [-0.2, -0.15) is 0 Å². The van der Waals surface area contributed by atoms with Gasteiger partial charge < -0.3 is 15.6 Å². The van der Waals surface area contributed by atoms with E-state index in [0.29, 0.717) is 23.5 Å². The highest BCUT2D eigenvalue weighted by Crippen LogP contribution is 2.18. The number of anilines is 1. The molecular formula is C23H21FN4O. The van der Waals surface area contributed by atoms with Gasteiger partial charge in [0.25, 0.3) is 5.91 Å². The largest absolute Gasteiger partial charge is 0.370 e. The minimum Gasteiger partial charge on any atom is -0.370 e. The van der Waals surface area contributed by atoms with E-state index in [9.17, 15) is 9.18 Å². The third-order valence-electron chi connectivity index (χ3n) is 4.79. The van der Waals surface area contributed by atoms with E-state index in [-0.39, 0.29) is 18.3 Å². The molecule has 0 unspecified atom stereocenters. The van der Waals surface area contributed by atoms with E-state index in [1.165, 1.54) is 17.0 Å². The SMILES string of the molecule is O=C(NCc1ccccc1F)c1ccnc(NCCc2c[nH]c3ccccc23)c1. The Bertz CT molecular complexity index is 1140. The van der Waals surface area contributed by atoms with E-state index in [2.05, 4.69) is 32.7 Å². The quantitative estimate of drug-likeness (QED) is 0.442. The minimum atomic E-state index is -0.331. The number of para-hydroxylation sites is 1. The zero-order valence-corrected chi connectivity index (χ0v) is 15.8. The molecule has 2 aromatic carbocycles. The number of halogens is 1. The summed E-state index contributed by atoms with van der Waals surface area (Å²) in [5, 5.41) is 7.22. The van der Waals surface area contributed by atoms with E-state index in [4.69, 9.17) is 0 Å². The second-order valence-electron chi connectivity index (χ2n) is 6.74. The summed E-state index contributed by atoms with van der Waals surface area (Å²) in [7, 11) is 0. The first kappa shape index (κ1) is 18.7. The third kappa shape index (κ3) is 4.43. The summed E-state index contributed by atoms with van der Waals surface area (Å²) < 4.78 is 13.7. The Labute approximate surface area is 168 Å². The van der Waals surface area contributed by atoms with Crippen LogP contribution in [0.3, 0.4) is 0 Å². The molecule has 0 fully saturated rings. The summed E-state index contributed by atoms with van der Waals surface area (Å²) in [5.74, 6) is 0.0286. The van der Waals surface area contributed by atoms with Gasteiger partial charge in [0, 0.05) is 47.5 Å². The first-order valence-electron chi connectivity index (χ1n) is 9.47. The summed E-state index contributed by atoms with van der Waals surface area (Å²) >= 11 is 0. The van der Waals surface area contributed by atoms with Crippen LogP contribution in [0.4, 0.5) is 10.2 Å². The van der Waals surface area contributed by atoms with Crippen molar-refractivity contribution in [1.82, 2.24) is 15.3 Å². The molecule has 5 nitrogen and oxygen atoms in total. The highest BCUT2D eigenvalue weighted by molar-refractivity contribution is 5.94. The van der Waals surface area contributed by atoms with E-state index in [0.717, 1.165) is 11.9 Å². The van der Waals surface area contributed by atoms with Crippen molar-refractivity contribution < 1.29 is 9.18 Å². The smallest absolute Gasteiger partial charge is 0.251 e. The Hall–Kier alpha value is -3.67. The number of amides is 1.